The largest absolute Gasteiger partial charge is 0.270 e. The molecule has 0 nitrogen and oxygen atoms in total. The van der Waals surface area contributed by atoms with Crippen LogP contribution in [0.4, 0.5) is 17.6 Å². The minimum atomic E-state index is -2.73. The van der Waals surface area contributed by atoms with Crippen LogP contribution in [0, 0.1) is 27.7 Å². The van der Waals surface area contributed by atoms with E-state index in [-0.39, 0.29) is 11.1 Å². The lowest BCUT2D eigenvalue weighted by Gasteiger charge is -2.14. The maximum absolute atomic E-state index is 12.9. The molecule has 0 heterocycles. The highest BCUT2D eigenvalue weighted by Crippen LogP contribution is 2.30. The van der Waals surface area contributed by atoms with Crippen molar-refractivity contribution in [1.82, 2.24) is 0 Å². The van der Waals surface area contributed by atoms with Gasteiger partial charge in [0.2, 0.25) is 0 Å². The molecule has 0 fully saturated rings. The van der Waals surface area contributed by atoms with E-state index in [0.29, 0.717) is 11.1 Å². The number of alkyl halides is 4. The minimum absolute atomic E-state index is 0.127. The van der Waals surface area contributed by atoms with Crippen LogP contribution in [-0.4, -0.2) is 0 Å². The first-order valence-corrected chi connectivity index (χ1v) is 7.34. The molecule has 0 amide bonds. The van der Waals surface area contributed by atoms with Gasteiger partial charge in [0.05, 0.1) is 0 Å². The average molecular weight is 326 g/mol. The molecule has 0 aromatic heterocycles. The zero-order valence-corrected chi connectivity index (χ0v) is 14.1. The second-order valence-electron chi connectivity index (χ2n) is 5.73. The summed E-state index contributed by atoms with van der Waals surface area (Å²) in [4.78, 5) is 0. The number of hydrogen-bond acceptors (Lipinski definition) is 0. The third kappa shape index (κ3) is 5.08. The van der Waals surface area contributed by atoms with E-state index in [1.165, 1.54) is 12.1 Å². The molecule has 2 aromatic rings. The molecular formula is C19H22F4. The van der Waals surface area contributed by atoms with Gasteiger partial charge in [-0.1, -0.05) is 36.4 Å². The number of benzene rings is 2. The Balaban J connectivity index is 0.000000231. The highest BCUT2D eigenvalue weighted by Gasteiger charge is 2.26. The zero-order chi connectivity index (χ0) is 17.8. The molecule has 0 saturated carbocycles. The van der Waals surface area contributed by atoms with Crippen LogP contribution in [0.2, 0.25) is 0 Å². The van der Waals surface area contributed by atoms with E-state index in [1.54, 1.807) is 26.0 Å². The molecule has 4 heteroatoms. The summed E-state index contributed by atoms with van der Waals surface area (Å²) in [5.41, 5.74) is 3.48. The van der Waals surface area contributed by atoms with Crippen LogP contribution >= 0.6 is 0 Å². The Morgan fingerprint density at radius 2 is 1.26 bits per heavy atom. The van der Waals surface area contributed by atoms with Crippen LogP contribution in [0.15, 0.2) is 36.4 Å². The molecule has 0 spiro atoms. The van der Waals surface area contributed by atoms with Gasteiger partial charge in [-0.2, -0.15) is 0 Å². The third-order valence-electron chi connectivity index (χ3n) is 3.96. The maximum Gasteiger partial charge on any atom is 0.270 e. The first kappa shape index (κ1) is 19.2. The molecule has 0 atom stereocenters. The summed E-state index contributed by atoms with van der Waals surface area (Å²) in [7, 11) is 0. The van der Waals surface area contributed by atoms with Crippen molar-refractivity contribution in [3.05, 3.63) is 69.8 Å². The number of rotatable bonds is 2. The first-order valence-electron chi connectivity index (χ1n) is 7.34. The normalized spacial score (nSPS) is 11.2. The Labute approximate surface area is 135 Å². The summed E-state index contributed by atoms with van der Waals surface area (Å²) >= 11 is 0. The molecule has 0 unspecified atom stereocenters. The molecule has 126 valence electrons. The van der Waals surface area contributed by atoms with Crippen LogP contribution < -0.4 is 0 Å². The smallest absolute Gasteiger partial charge is 0.205 e. The van der Waals surface area contributed by atoms with Crippen molar-refractivity contribution >= 4 is 0 Å². The summed E-state index contributed by atoms with van der Waals surface area (Å²) in [5, 5.41) is 0. The second-order valence-corrected chi connectivity index (χ2v) is 5.73. The van der Waals surface area contributed by atoms with E-state index < -0.39 is 12.3 Å². The number of hydrogen-bond donors (Lipinski definition) is 0. The van der Waals surface area contributed by atoms with Crippen molar-refractivity contribution in [1.29, 1.82) is 0 Å². The van der Waals surface area contributed by atoms with Gasteiger partial charge in [0.25, 0.3) is 12.3 Å². The summed E-state index contributed by atoms with van der Waals surface area (Å²) < 4.78 is 50.2. The highest BCUT2D eigenvalue weighted by molar-refractivity contribution is 5.35. The van der Waals surface area contributed by atoms with E-state index in [1.807, 2.05) is 26.0 Å². The van der Waals surface area contributed by atoms with E-state index >= 15 is 0 Å². The van der Waals surface area contributed by atoms with Gasteiger partial charge in [0.15, 0.2) is 0 Å². The SMILES string of the molecule is Cc1cccc(C(C)(F)F)c1C.Cc1cccc(C(F)F)c1C. The molecule has 2 aromatic carbocycles. The van der Waals surface area contributed by atoms with Gasteiger partial charge in [-0.3, -0.25) is 0 Å². The molecule has 0 radical (unpaired) electrons. The number of halogens is 4. The van der Waals surface area contributed by atoms with E-state index in [4.69, 9.17) is 0 Å². The van der Waals surface area contributed by atoms with Crippen LogP contribution in [0.3, 0.4) is 0 Å². The Morgan fingerprint density at radius 1 is 0.783 bits per heavy atom. The predicted molar refractivity (Wildman–Crippen MR) is 86.4 cm³/mol. The van der Waals surface area contributed by atoms with Crippen LogP contribution in [-0.2, 0) is 5.92 Å². The lowest BCUT2D eigenvalue weighted by molar-refractivity contribution is 0.0167. The van der Waals surface area contributed by atoms with Crippen molar-refractivity contribution in [3.8, 4) is 0 Å². The van der Waals surface area contributed by atoms with Crippen molar-refractivity contribution in [2.24, 2.45) is 0 Å². The van der Waals surface area contributed by atoms with E-state index in [2.05, 4.69) is 0 Å². The zero-order valence-electron chi connectivity index (χ0n) is 14.1. The van der Waals surface area contributed by atoms with Crippen molar-refractivity contribution in [2.75, 3.05) is 0 Å². The molecule has 0 aliphatic heterocycles. The lowest BCUT2D eigenvalue weighted by atomic mass is 9.99. The Morgan fingerprint density at radius 3 is 1.65 bits per heavy atom. The van der Waals surface area contributed by atoms with Gasteiger partial charge < -0.3 is 0 Å². The van der Waals surface area contributed by atoms with Crippen molar-refractivity contribution in [2.45, 2.75) is 47.0 Å². The first-order chi connectivity index (χ1) is 10.6. The maximum atomic E-state index is 12.9. The Hall–Kier alpha value is -1.84. The molecular weight excluding hydrogens is 304 g/mol. The quantitative estimate of drug-likeness (QED) is 0.542. The van der Waals surface area contributed by atoms with Gasteiger partial charge in [-0.15, -0.1) is 0 Å². The minimum Gasteiger partial charge on any atom is -0.205 e. The van der Waals surface area contributed by atoms with Gasteiger partial charge in [-0.25, -0.2) is 17.6 Å². The van der Waals surface area contributed by atoms with Crippen molar-refractivity contribution in [3.63, 3.8) is 0 Å². The average Bonchev–Trinajstić information content (AvgIpc) is 2.44. The second kappa shape index (κ2) is 7.62. The third-order valence-corrected chi connectivity index (χ3v) is 3.96. The lowest BCUT2D eigenvalue weighted by Crippen LogP contribution is -2.09. The topological polar surface area (TPSA) is 0 Å². The molecule has 0 bridgehead atoms. The summed E-state index contributed by atoms with van der Waals surface area (Å²) in [6.07, 6.45) is -2.35. The predicted octanol–water partition coefficient (Wildman–Crippen LogP) is 6.66. The standard InChI is InChI=1S/C10H12F2.C9H10F2/c1-7-5-4-6-9(8(7)2)10(3,11)12;1-6-4-3-5-8(7(6)2)9(10)11/h4-6H,1-3H3;3-5,9H,1-2H3. The molecule has 23 heavy (non-hydrogen) atoms. The Kier molecular flexibility index (Phi) is 6.37. The Bertz CT molecular complexity index is 655. The summed E-state index contributed by atoms with van der Waals surface area (Å²) in [5.74, 6) is -2.73. The van der Waals surface area contributed by atoms with Crippen LogP contribution in [0.5, 0.6) is 0 Å². The fourth-order valence-electron chi connectivity index (χ4n) is 2.24. The molecule has 0 aliphatic rings. The van der Waals surface area contributed by atoms with E-state index in [9.17, 15) is 17.6 Å². The summed E-state index contributed by atoms with van der Waals surface area (Å²) in [6.45, 7) is 8.04. The van der Waals surface area contributed by atoms with E-state index in [0.717, 1.165) is 18.1 Å². The monoisotopic (exact) mass is 326 g/mol. The van der Waals surface area contributed by atoms with Gasteiger partial charge in [0, 0.05) is 18.1 Å². The van der Waals surface area contributed by atoms with Gasteiger partial charge in [-0.05, 0) is 49.9 Å². The fraction of sp³-hybridized carbons (Fsp3) is 0.368. The fourth-order valence-corrected chi connectivity index (χ4v) is 2.24. The molecule has 0 N–H and O–H groups in total. The molecule has 2 rings (SSSR count). The van der Waals surface area contributed by atoms with Crippen LogP contribution in [0.25, 0.3) is 0 Å². The molecule has 0 aliphatic carbocycles. The molecule has 0 saturated heterocycles. The van der Waals surface area contributed by atoms with Gasteiger partial charge in [0.1, 0.15) is 0 Å². The number of aryl methyl sites for hydroxylation is 2. The van der Waals surface area contributed by atoms with Gasteiger partial charge >= 0.3 is 0 Å². The van der Waals surface area contributed by atoms with Crippen LogP contribution in [0.1, 0.15) is 46.7 Å². The van der Waals surface area contributed by atoms with Crippen molar-refractivity contribution < 1.29 is 17.6 Å². The summed E-state index contributed by atoms with van der Waals surface area (Å²) in [6, 6.07) is 9.93. The highest BCUT2D eigenvalue weighted by atomic mass is 19.3.